The highest BCUT2D eigenvalue weighted by atomic mass is 16.5. The molecule has 0 aliphatic carbocycles. The van der Waals surface area contributed by atoms with Gasteiger partial charge in [-0.2, -0.15) is 0 Å². The number of ether oxygens (including phenoxy) is 2. The lowest BCUT2D eigenvalue weighted by atomic mass is 9.85. The second-order valence-electron chi connectivity index (χ2n) is 11.0. The Balaban J connectivity index is 1.51. The maximum Gasteiger partial charge on any atom is 0.323 e. The number of hydrogen-bond donors (Lipinski definition) is 1. The number of benzene rings is 3. The van der Waals surface area contributed by atoms with Crippen LogP contribution in [0.5, 0.6) is 11.5 Å². The van der Waals surface area contributed by atoms with Crippen molar-refractivity contribution in [3.63, 3.8) is 0 Å². The Morgan fingerprint density at radius 1 is 1.05 bits per heavy atom. The average Bonchev–Trinajstić information content (AvgIpc) is 3.17. The van der Waals surface area contributed by atoms with E-state index in [2.05, 4.69) is 52.0 Å². The molecule has 0 saturated carbocycles. The van der Waals surface area contributed by atoms with Gasteiger partial charge in [-0.25, -0.2) is 0 Å². The summed E-state index contributed by atoms with van der Waals surface area (Å²) in [4.78, 5) is 26.3. The number of carboxylic acids is 1. The average molecular weight is 502 g/mol. The molecule has 0 saturated heterocycles. The van der Waals surface area contributed by atoms with Gasteiger partial charge in [0.2, 0.25) is 0 Å². The van der Waals surface area contributed by atoms with Gasteiger partial charge in [0, 0.05) is 24.0 Å². The van der Waals surface area contributed by atoms with Gasteiger partial charge in [0.15, 0.2) is 0 Å². The fourth-order valence-electron chi connectivity index (χ4n) is 4.89. The van der Waals surface area contributed by atoms with E-state index in [1.807, 2.05) is 30.3 Å². The smallest absolute Gasteiger partial charge is 0.323 e. The van der Waals surface area contributed by atoms with Crippen LogP contribution in [0.25, 0.3) is 0 Å². The van der Waals surface area contributed by atoms with Crippen LogP contribution in [0.4, 0.5) is 0 Å². The summed E-state index contributed by atoms with van der Waals surface area (Å²) < 4.78 is 11.7. The van der Waals surface area contributed by atoms with Crippen molar-refractivity contribution in [2.45, 2.75) is 58.1 Å². The molecular weight excluding hydrogens is 466 g/mol. The summed E-state index contributed by atoms with van der Waals surface area (Å²) in [6, 6.07) is 21.3. The van der Waals surface area contributed by atoms with Crippen LogP contribution >= 0.6 is 0 Å². The quantitative estimate of drug-likeness (QED) is 0.431. The molecule has 0 spiro atoms. The van der Waals surface area contributed by atoms with Gasteiger partial charge in [-0.3, -0.25) is 9.59 Å². The number of rotatable bonds is 8. The van der Waals surface area contributed by atoms with E-state index in [4.69, 9.17) is 9.47 Å². The highest BCUT2D eigenvalue weighted by Gasteiger charge is 2.36. The molecule has 1 unspecified atom stereocenters. The molecule has 1 aliphatic rings. The van der Waals surface area contributed by atoms with Crippen LogP contribution in [0.1, 0.15) is 60.3 Å². The molecule has 0 bridgehead atoms. The lowest BCUT2D eigenvalue weighted by Crippen LogP contribution is -2.35. The number of para-hydroxylation sites is 1. The molecule has 1 atom stereocenters. The summed E-state index contributed by atoms with van der Waals surface area (Å²) in [5.74, 6) is -0.0421. The minimum absolute atomic E-state index is 0.103. The van der Waals surface area contributed by atoms with Gasteiger partial charge < -0.3 is 19.5 Å². The Labute approximate surface area is 218 Å². The Morgan fingerprint density at radius 3 is 2.41 bits per heavy atom. The number of methoxy groups -OCH3 is 1. The first kappa shape index (κ1) is 26.3. The van der Waals surface area contributed by atoms with Crippen molar-refractivity contribution in [3.05, 3.63) is 94.5 Å². The predicted octanol–water partition coefficient (Wildman–Crippen LogP) is 5.66. The Kier molecular flexibility index (Phi) is 7.30. The normalized spacial score (nSPS) is 16.6. The zero-order valence-corrected chi connectivity index (χ0v) is 22.2. The monoisotopic (exact) mass is 501 g/mol. The van der Waals surface area contributed by atoms with Gasteiger partial charge >= 0.3 is 5.97 Å². The number of nitrogens with zero attached hydrogens (tertiary/aromatic N) is 1. The van der Waals surface area contributed by atoms with Gasteiger partial charge in [-0.05, 0) is 53.3 Å². The van der Waals surface area contributed by atoms with Crippen LogP contribution in [-0.2, 0) is 29.6 Å². The van der Waals surface area contributed by atoms with E-state index in [0.29, 0.717) is 17.7 Å². The van der Waals surface area contributed by atoms with Gasteiger partial charge in [-0.1, -0.05) is 63.2 Å². The molecule has 194 valence electrons. The zero-order valence-electron chi connectivity index (χ0n) is 22.2. The highest BCUT2D eigenvalue weighted by Crippen LogP contribution is 2.38. The maximum absolute atomic E-state index is 13.4. The van der Waals surface area contributed by atoms with E-state index in [1.165, 1.54) is 16.0 Å². The first-order chi connectivity index (χ1) is 17.5. The van der Waals surface area contributed by atoms with E-state index >= 15 is 0 Å². The Hall–Kier alpha value is -3.80. The number of carbonyl (C=O) groups is 2. The van der Waals surface area contributed by atoms with Crippen LogP contribution < -0.4 is 9.47 Å². The van der Waals surface area contributed by atoms with Crippen LogP contribution in [-0.4, -0.2) is 41.1 Å². The fraction of sp³-hybridized carbons (Fsp3) is 0.355. The largest absolute Gasteiger partial charge is 0.496 e. The van der Waals surface area contributed by atoms with Gasteiger partial charge in [-0.15, -0.1) is 0 Å². The number of aliphatic carboxylic acids is 1. The molecule has 1 N–H and O–H groups in total. The highest BCUT2D eigenvalue weighted by molar-refractivity contribution is 5.96. The summed E-state index contributed by atoms with van der Waals surface area (Å²) in [6.45, 7) is 8.41. The number of carbonyl (C=O) groups excluding carboxylic acids is 1. The van der Waals surface area contributed by atoms with Crippen molar-refractivity contribution in [2.24, 2.45) is 0 Å². The van der Waals surface area contributed by atoms with Crippen molar-refractivity contribution >= 4 is 11.9 Å². The van der Waals surface area contributed by atoms with E-state index in [-0.39, 0.29) is 17.9 Å². The molecule has 3 aromatic rings. The molecule has 0 fully saturated rings. The van der Waals surface area contributed by atoms with Gasteiger partial charge in [0.25, 0.3) is 5.91 Å². The van der Waals surface area contributed by atoms with Crippen LogP contribution in [0.3, 0.4) is 0 Å². The lowest BCUT2D eigenvalue weighted by Gasteiger charge is -2.25. The summed E-state index contributed by atoms with van der Waals surface area (Å²) in [7, 11) is 1.55. The maximum atomic E-state index is 13.4. The molecule has 37 heavy (non-hydrogen) atoms. The SMILES string of the molecule is COc1ccccc1CN(CC(=O)O)C(=O)c1ccc2c(c1)CC(C)(Cc1ccc(C(C)(C)C)cc1)O2. The van der Waals surface area contributed by atoms with Gasteiger partial charge in [0.1, 0.15) is 23.6 Å². The molecule has 4 rings (SSSR count). The zero-order chi connectivity index (χ0) is 26.8. The van der Waals surface area contributed by atoms with Crippen LogP contribution in [0, 0.1) is 0 Å². The van der Waals surface area contributed by atoms with Crippen molar-refractivity contribution in [2.75, 3.05) is 13.7 Å². The van der Waals surface area contributed by atoms with E-state index < -0.39 is 18.1 Å². The van der Waals surface area contributed by atoms with E-state index in [1.54, 1.807) is 19.2 Å². The number of amides is 1. The molecule has 3 aromatic carbocycles. The third-order valence-corrected chi connectivity index (χ3v) is 6.79. The van der Waals surface area contributed by atoms with E-state index in [9.17, 15) is 14.7 Å². The minimum atomic E-state index is -1.07. The molecule has 1 heterocycles. The third-order valence-electron chi connectivity index (χ3n) is 6.79. The first-order valence-corrected chi connectivity index (χ1v) is 12.5. The molecule has 6 heteroatoms. The number of hydrogen-bond acceptors (Lipinski definition) is 4. The molecule has 0 radical (unpaired) electrons. The Morgan fingerprint density at radius 2 is 1.76 bits per heavy atom. The summed E-state index contributed by atoms with van der Waals surface area (Å²) >= 11 is 0. The molecular formula is C31H35NO5. The topological polar surface area (TPSA) is 76.1 Å². The van der Waals surface area contributed by atoms with Gasteiger partial charge in [0.05, 0.1) is 13.7 Å². The first-order valence-electron chi connectivity index (χ1n) is 12.5. The summed E-state index contributed by atoms with van der Waals surface area (Å²) in [5, 5.41) is 9.46. The molecule has 0 aromatic heterocycles. The number of carboxylic acid groups (broad SMARTS) is 1. The minimum Gasteiger partial charge on any atom is -0.496 e. The molecule has 6 nitrogen and oxygen atoms in total. The van der Waals surface area contributed by atoms with Crippen molar-refractivity contribution in [1.29, 1.82) is 0 Å². The summed E-state index contributed by atoms with van der Waals surface area (Å²) in [5.41, 5.74) is 4.30. The van der Waals surface area contributed by atoms with Crippen molar-refractivity contribution in [1.82, 2.24) is 4.90 Å². The Bertz CT molecular complexity index is 1290. The van der Waals surface area contributed by atoms with Crippen LogP contribution in [0.15, 0.2) is 66.7 Å². The second-order valence-corrected chi connectivity index (χ2v) is 11.0. The van der Waals surface area contributed by atoms with Crippen molar-refractivity contribution in [3.8, 4) is 11.5 Å². The summed E-state index contributed by atoms with van der Waals surface area (Å²) in [6.07, 6.45) is 1.41. The lowest BCUT2D eigenvalue weighted by molar-refractivity contribution is -0.137. The van der Waals surface area contributed by atoms with Crippen molar-refractivity contribution < 1.29 is 24.2 Å². The standard InChI is InChI=1S/C31H35NO5/c1-30(2,3)25-13-10-21(11-14-25)17-31(4)18-24-16-22(12-15-27(24)37-31)29(35)32(20-28(33)34)19-23-8-6-7-9-26(23)36-5/h6-16H,17-20H2,1-5H3,(H,33,34). The second kappa shape index (κ2) is 10.3. The predicted molar refractivity (Wildman–Crippen MR) is 143 cm³/mol. The number of fused-ring (bicyclic) bond motifs is 1. The molecule has 1 aliphatic heterocycles. The molecule has 1 amide bonds. The van der Waals surface area contributed by atoms with E-state index in [0.717, 1.165) is 23.3 Å². The third kappa shape index (κ3) is 6.13. The van der Waals surface area contributed by atoms with Crippen LogP contribution in [0.2, 0.25) is 0 Å². The fourth-order valence-corrected chi connectivity index (χ4v) is 4.89.